The Morgan fingerprint density at radius 2 is 1.83 bits per heavy atom. The minimum atomic E-state index is -0.446. The average Bonchev–Trinajstić information content (AvgIpc) is 3.35. The maximum Gasteiger partial charge on any atom is 0.231 e. The normalized spacial score (nSPS) is 17.2. The zero-order chi connectivity index (χ0) is 21.3. The van der Waals surface area contributed by atoms with Crippen LogP contribution >= 0.6 is 0 Å². The summed E-state index contributed by atoms with van der Waals surface area (Å²) < 4.78 is 10.7. The Morgan fingerprint density at radius 3 is 2.57 bits per heavy atom. The Kier molecular flexibility index (Phi) is 5.31. The van der Waals surface area contributed by atoms with E-state index in [-0.39, 0.29) is 30.9 Å². The van der Waals surface area contributed by atoms with Crippen molar-refractivity contribution < 1.29 is 23.9 Å². The number of benzene rings is 2. The van der Waals surface area contributed by atoms with Crippen LogP contribution in [-0.4, -0.2) is 50.1 Å². The van der Waals surface area contributed by atoms with Gasteiger partial charge < -0.3 is 24.6 Å². The number of ether oxygens (including phenoxy) is 2. The molecule has 4 rings (SSSR count). The van der Waals surface area contributed by atoms with E-state index in [1.54, 1.807) is 54.2 Å². The van der Waals surface area contributed by atoms with Crippen LogP contribution in [0.2, 0.25) is 0 Å². The van der Waals surface area contributed by atoms with E-state index in [2.05, 4.69) is 5.32 Å². The lowest BCUT2D eigenvalue weighted by atomic mass is 10.1. The van der Waals surface area contributed by atoms with E-state index in [4.69, 9.17) is 9.47 Å². The van der Waals surface area contributed by atoms with Gasteiger partial charge in [-0.3, -0.25) is 14.4 Å². The highest BCUT2D eigenvalue weighted by Gasteiger charge is 2.35. The lowest BCUT2D eigenvalue weighted by Gasteiger charge is -2.17. The molecule has 8 nitrogen and oxygen atoms in total. The van der Waals surface area contributed by atoms with Gasteiger partial charge in [0.1, 0.15) is 0 Å². The molecule has 3 amide bonds. The Morgan fingerprint density at radius 1 is 1.10 bits per heavy atom. The number of nitrogens with zero attached hydrogens (tertiary/aromatic N) is 2. The van der Waals surface area contributed by atoms with E-state index in [9.17, 15) is 14.4 Å². The molecule has 1 atom stereocenters. The number of carbonyl (C=O) groups excluding carboxylic acids is 3. The fourth-order valence-corrected chi connectivity index (χ4v) is 3.47. The summed E-state index contributed by atoms with van der Waals surface area (Å²) in [5.74, 6) is 0.504. The molecule has 2 aromatic carbocycles. The lowest BCUT2D eigenvalue weighted by molar-refractivity contribution is -0.128. The summed E-state index contributed by atoms with van der Waals surface area (Å²) in [6.45, 7) is 0.472. The standard InChI is InChI=1S/C22H23N3O5/c1-24(2)20(26)9-14-3-5-16(6-4-14)23-22(28)15-10-21(27)25(12-15)17-7-8-18-19(11-17)30-13-29-18/h3-8,11,15H,9-10,12-13H2,1-2H3,(H,23,28). The van der Waals surface area contributed by atoms with Gasteiger partial charge in [0.05, 0.1) is 12.3 Å². The number of likely N-dealkylation sites (N-methyl/N-ethyl adjacent to an activating group) is 1. The molecule has 0 radical (unpaired) electrons. The number of rotatable bonds is 5. The van der Waals surface area contributed by atoms with Crippen LogP contribution in [0.5, 0.6) is 11.5 Å². The minimum absolute atomic E-state index is 0.0138. The summed E-state index contributed by atoms with van der Waals surface area (Å²) in [7, 11) is 3.43. The molecule has 8 heteroatoms. The van der Waals surface area contributed by atoms with Crippen LogP contribution in [0, 0.1) is 5.92 Å². The topological polar surface area (TPSA) is 88.2 Å². The third-order valence-electron chi connectivity index (χ3n) is 5.24. The van der Waals surface area contributed by atoms with E-state index < -0.39 is 5.92 Å². The lowest BCUT2D eigenvalue weighted by Crippen LogP contribution is -2.28. The number of carbonyl (C=O) groups is 3. The Labute approximate surface area is 174 Å². The van der Waals surface area contributed by atoms with E-state index in [0.29, 0.717) is 35.8 Å². The minimum Gasteiger partial charge on any atom is -0.454 e. The van der Waals surface area contributed by atoms with Crippen molar-refractivity contribution >= 4 is 29.1 Å². The van der Waals surface area contributed by atoms with E-state index in [0.717, 1.165) is 5.56 Å². The van der Waals surface area contributed by atoms with Crippen LogP contribution in [0.4, 0.5) is 11.4 Å². The van der Waals surface area contributed by atoms with Crippen LogP contribution in [0.25, 0.3) is 0 Å². The summed E-state index contributed by atoms with van der Waals surface area (Å²) in [4.78, 5) is 40.1. The van der Waals surface area contributed by atoms with Gasteiger partial charge in [0.15, 0.2) is 11.5 Å². The van der Waals surface area contributed by atoms with Crippen molar-refractivity contribution in [2.45, 2.75) is 12.8 Å². The smallest absolute Gasteiger partial charge is 0.231 e. The quantitative estimate of drug-likeness (QED) is 0.817. The van der Waals surface area contributed by atoms with Gasteiger partial charge in [-0.1, -0.05) is 12.1 Å². The molecular weight excluding hydrogens is 386 g/mol. The van der Waals surface area contributed by atoms with E-state index >= 15 is 0 Å². The van der Waals surface area contributed by atoms with Gasteiger partial charge in [-0.2, -0.15) is 0 Å². The number of fused-ring (bicyclic) bond motifs is 1. The Balaban J connectivity index is 1.37. The monoisotopic (exact) mass is 409 g/mol. The number of anilines is 2. The molecular formula is C22H23N3O5. The first-order valence-electron chi connectivity index (χ1n) is 9.70. The molecule has 156 valence electrons. The van der Waals surface area contributed by atoms with Crippen molar-refractivity contribution in [2.75, 3.05) is 37.6 Å². The molecule has 0 spiro atoms. The van der Waals surface area contributed by atoms with Crippen LogP contribution in [0.15, 0.2) is 42.5 Å². The summed E-state index contributed by atoms with van der Waals surface area (Å²) >= 11 is 0. The van der Waals surface area contributed by atoms with Crippen molar-refractivity contribution in [3.63, 3.8) is 0 Å². The molecule has 1 unspecified atom stereocenters. The molecule has 30 heavy (non-hydrogen) atoms. The largest absolute Gasteiger partial charge is 0.454 e. The maximum atomic E-state index is 12.7. The van der Waals surface area contributed by atoms with Gasteiger partial charge in [-0.05, 0) is 29.8 Å². The SMILES string of the molecule is CN(C)C(=O)Cc1ccc(NC(=O)C2CC(=O)N(c3ccc4c(c3)OCO4)C2)cc1. The van der Waals surface area contributed by atoms with Crippen molar-refractivity contribution in [1.29, 1.82) is 0 Å². The predicted molar refractivity (Wildman–Crippen MR) is 110 cm³/mol. The number of hydrogen-bond acceptors (Lipinski definition) is 5. The molecule has 0 aliphatic carbocycles. The molecule has 0 saturated carbocycles. The Hall–Kier alpha value is -3.55. The number of nitrogens with one attached hydrogen (secondary N) is 1. The predicted octanol–water partition coefficient (Wildman–Crippen LogP) is 2.04. The third kappa shape index (κ3) is 4.07. The molecule has 2 aliphatic heterocycles. The van der Waals surface area contributed by atoms with Gasteiger partial charge >= 0.3 is 0 Å². The zero-order valence-electron chi connectivity index (χ0n) is 16.9. The summed E-state index contributed by atoms with van der Waals surface area (Å²) in [6.07, 6.45) is 0.457. The van der Waals surface area contributed by atoms with Crippen molar-refractivity contribution in [3.8, 4) is 11.5 Å². The second-order valence-electron chi connectivity index (χ2n) is 7.59. The highest BCUT2D eigenvalue weighted by atomic mass is 16.7. The molecule has 1 saturated heterocycles. The number of hydrogen-bond donors (Lipinski definition) is 1. The fourth-order valence-electron chi connectivity index (χ4n) is 3.47. The second kappa shape index (κ2) is 8.06. The average molecular weight is 409 g/mol. The van der Waals surface area contributed by atoms with Crippen molar-refractivity contribution in [1.82, 2.24) is 4.90 Å². The summed E-state index contributed by atoms with van der Waals surface area (Å²) in [5.41, 5.74) is 2.20. The summed E-state index contributed by atoms with van der Waals surface area (Å²) in [6, 6.07) is 12.5. The molecule has 1 N–H and O–H groups in total. The van der Waals surface area contributed by atoms with E-state index in [1.165, 1.54) is 0 Å². The number of amides is 3. The molecule has 2 heterocycles. The van der Waals surface area contributed by atoms with Gasteiger partial charge in [-0.25, -0.2) is 0 Å². The van der Waals surface area contributed by atoms with Crippen LogP contribution < -0.4 is 19.7 Å². The third-order valence-corrected chi connectivity index (χ3v) is 5.24. The van der Waals surface area contributed by atoms with Crippen LogP contribution in [0.3, 0.4) is 0 Å². The first-order valence-corrected chi connectivity index (χ1v) is 9.70. The summed E-state index contributed by atoms with van der Waals surface area (Å²) in [5, 5.41) is 2.86. The van der Waals surface area contributed by atoms with Gasteiger partial charge in [-0.15, -0.1) is 0 Å². The van der Waals surface area contributed by atoms with Crippen LogP contribution in [-0.2, 0) is 20.8 Å². The molecule has 0 bridgehead atoms. The molecule has 1 fully saturated rings. The van der Waals surface area contributed by atoms with E-state index in [1.807, 2.05) is 12.1 Å². The highest BCUT2D eigenvalue weighted by molar-refractivity contribution is 6.03. The highest BCUT2D eigenvalue weighted by Crippen LogP contribution is 2.37. The molecule has 2 aromatic rings. The van der Waals surface area contributed by atoms with Gasteiger partial charge in [0, 0.05) is 44.5 Å². The maximum absolute atomic E-state index is 12.7. The first kappa shape index (κ1) is 19.8. The van der Waals surface area contributed by atoms with Gasteiger partial charge in [0.2, 0.25) is 24.5 Å². The van der Waals surface area contributed by atoms with Gasteiger partial charge in [0.25, 0.3) is 0 Å². The first-order chi connectivity index (χ1) is 14.4. The van der Waals surface area contributed by atoms with Crippen molar-refractivity contribution in [3.05, 3.63) is 48.0 Å². The van der Waals surface area contributed by atoms with Crippen LogP contribution in [0.1, 0.15) is 12.0 Å². The molecule has 2 aliphatic rings. The van der Waals surface area contributed by atoms with Crippen molar-refractivity contribution in [2.24, 2.45) is 5.92 Å². The second-order valence-corrected chi connectivity index (χ2v) is 7.59. The Bertz CT molecular complexity index is 987. The molecule has 0 aromatic heterocycles. The fraction of sp³-hybridized carbons (Fsp3) is 0.318. The zero-order valence-corrected chi connectivity index (χ0v) is 16.9.